The predicted molar refractivity (Wildman–Crippen MR) is 48.3 cm³/mol. The fourth-order valence-electron chi connectivity index (χ4n) is 1.07. The van der Waals surface area contributed by atoms with Crippen molar-refractivity contribution in [2.45, 2.75) is 32.4 Å². The van der Waals surface area contributed by atoms with Crippen molar-refractivity contribution in [2.75, 3.05) is 26.4 Å². The summed E-state index contributed by atoms with van der Waals surface area (Å²) in [7, 11) is 0. The van der Waals surface area contributed by atoms with Gasteiger partial charge in [-0.2, -0.15) is 0 Å². The van der Waals surface area contributed by atoms with Crippen molar-refractivity contribution in [1.29, 1.82) is 0 Å². The smallest absolute Gasteiger partial charge is 0.0933 e. The lowest BCUT2D eigenvalue weighted by Gasteiger charge is -2.27. The molecule has 0 radical (unpaired) electrons. The van der Waals surface area contributed by atoms with Gasteiger partial charge in [-0.05, 0) is 20.8 Å². The molecule has 3 heteroatoms. The van der Waals surface area contributed by atoms with E-state index in [1.165, 1.54) is 0 Å². The van der Waals surface area contributed by atoms with E-state index in [2.05, 4.69) is 26.1 Å². The number of rotatable bonds is 2. The summed E-state index contributed by atoms with van der Waals surface area (Å²) in [6.45, 7) is 9.53. The average Bonchev–Trinajstić information content (AvgIpc) is 2.02. The summed E-state index contributed by atoms with van der Waals surface area (Å²) < 4.78 is 10.8. The van der Waals surface area contributed by atoms with Crippen LogP contribution in [0.25, 0.3) is 0 Å². The Labute approximate surface area is 74.4 Å². The van der Waals surface area contributed by atoms with Crippen molar-refractivity contribution >= 4 is 0 Å². The minimum Gasteiger partial charge on any atom is -0.376 e. The third-order valence-corrected chi connectivity index (χ3v) is 1.75. The van der Waals surface area contributed by atoms with Crippen LogP contribution in [0.3, 0.4) is 0 Å². The summed E-state index contributed by atoms with van der Waals surface area (Å²) in [6.07, 6.45) is 0.234. The highest BCUT2D eigenvalue weighted by atomic mass is 16.6. The zero-order chi connectivity index (χ0) is 9.03. The van der Waals surface area contributed by atoms with Crippen molar-refractivity contribution in [3.05, 3.63) is 0 Å². The maximum atomic E-state index is 5.49. The molecule has 0 amide bonds. The molecule has 1 N–H and O–H groups in total. The fourth-order valence-corrected chi connectivity index (χ4v) is 1.07. The molecule has 72 valence electrons. The Kier molecular flexibility index (Phi) is 3.50. The van der Waals surface area contributed by atoms with Gasteiger partial charge in [0.1, 0.15) is 0 Å². The summed E-state index contributed by atoms with van der Waals surface area (Å²) in [5.74, 6) is 0. The molecule has 1 saturated heterocycles. The summed E-state index contributed by atoms with van der Waals surface area (Å²) in [4.78, 5) is 0. The Morgan fingerprint density at radius 2 is 2.08 bits per heavy atom. The third-order valence-electron chi connectivity index (χ3n) is 1.75. The molecule has 1 aliphatic heterocycles. The standard InChI is InChI=1S/C9H19NO2/c1-9(2,3)10-6-8-7-11-4-5-12-8/h8,10H,4-7H2,1-3H3/t8-/m0/s1. The second-order valence-corrected chi connectivity index (χ2v) is 4.20. The van der Waals surface area contributed by atoms with Crippen LogP contribution in [0.4, 0.5) is 0 Å². The lowest BCUT2D eigenvalue weighted by atomic mass is 10.1. The average molecular weight is 173 g/mol. The first-order chi connectivity index (χ1) is 5.58. The van der Waals surface area contributed by atoms with Gasteiger partial charge in [0.25, 0.3) is 0 Å². The van der Waals surface area contributed by atoms with Crippen molar-refractivity contribution < 1.29 is 9.47 Å². The van der Waals surface area contributed by atoms with Crippen LogP contribution in [0.1, 0.15) is 20.8 Å². The largest absolute Gasteiger partial charge is 0.376 e. The minimum absolute atomic E-state index is 0.167. The van der Waals surface area contributed by atoms with E-state index in [1.807, 2.05) is 0 Å². The summed E-state index contributed by atoms with van der Waals surface area (Å²) in [5.41, 5.74) is 0.167. The van der Waals surface area contributed by atoms with Crippen LogP contribution < -0.4 is 5.32 Å². The Balaban J connectivity index is 2.13. The van der Waals surface area contributed by atoms with Crippen LogP contribution >= 0.6 is 0 Å². The first-order valence-corrected chi connectivity index (χ1v) is 4.52. The Bertz CT molecular complexity index is 125. The number of hydrogen-bond acceptors (Lipinski definition) is 3. The van der Waals surface area contributed by atoms with E-state index in [1.54, 1.807) is 0 Å². The second-order valence-electron chi connectivity index (χ2n) is 4.20. The highest BCUT2D eigenvalue weighted by Gasteiger charge is 2.17. The zero-order valence-corrected chi connectivity index (χ0v) is 8.22. The molecule has 0 aliphatic carbocycles. The van der Waals surface area contributed by atoms with Crippen molar-refractivity contribution in [1.82, 2.24) is 5.32 Å². The molecule has 1 rings (SSSR count). The highest BCUT2D eigenvalue weighted by molar-refractivity contribution is 4.74. The highest BCUT2D eigenvalue weighted by Crippen LogP contribution is 2.03. The molecule has 0 bridgehead atoms. The van der Waals surface area contributed by atoms with Gasteiger partial charge >= 0.3 is 0 Å². The van der Waals surface area contributed by atoms with Gasteiger partial charge in [-0.3, -0.25) is 0 Å². The monoisotopic (exact) mass is 173 g/mol. The van der Waals surface area contributed by atoms with Gasteiger partial charge in [-0.25, -0.2) is 0 Å². The first kappa shape index (κ1) is 9.96. The maximum Gasteiger partial charge on any atom is 0.0933 e. The van der Waals surface area contributed by atoms with Gasteiger partial charge in [0.15, 0.2) is 0 Å². The molecule has 0 aromatic rings. The van der Waals surface area contributed by atoms with Gasteiger partial charge in [0.05, 0.1) is 25.9 Å². The van der Waals surface area contributed by atoms with E-state index in [0.29, 0.717) is 0 Å². The maximum absolute atomic E-state index is 5.49. The topological polar surface area (TPSA) is 30.5 Å². The molecule has 1 fully saturated rings. The molecule has 0 saturated carbocycles. The fraction of sp³-hybridized carbons (Fsp3) is 1.00. The lowest BCUT2D eigenvalue weighted by molar-refractivity contribution is -0.0878. The van der Waals surface area contributed by atoms with E-state index >= 15 is 0 Å². The summed E-state index contributed by atoms with van der Waals surface area (Å²) in [6, 6.07) is 0. The van der Waals surface area contributed by atoms with E-state index in [4.69, 9.17) is 9.47 Å². The van der Waals surface area contributed by atoms with Crippen LogP contribution in [0.5, 0.6) is 0 Å². The normalized spacial score (nSPS) is 25.8. The molecule has 0 spiro atoms. The SMILES string of the molecule is CC(C)(C)NC[C@H]1COCCO1. The molecular weight excluding hydrogens is 154 g/mol. The van der Waals surface area contributed by atoms with E-state index in [9.17, 15) is 0 Å². The van der Waals surface area contributed by atoms with Gasteiger partial charge in [-0.15, -0.1) is 0 Å². The van der Waals surface area contributed by atoms with Crippen molar-refractivity contribution in [3.8, 4) is 0 Å². The third kappa shape index (κ3) is 4.04. The minimum atomic E-state index is 0.167. The number of nitrogens with one attached hydrogen (secondary N) is 1. The molecular formula is C9H19NO2. The summed E-state index contributed by atoms with van der Waals surface area (Å²) in [5, 5.41) is 3.39. The molecule has 0 aromatic heterocycles. The zero-order valence-electron chi connectivity index (χ0n) is 8.22. The van der Waals surface area contributed by atoms with Crippen molar-refractivity contribution in [3.63, 3.8) is 0 Å². The van der Waals surface area contributed by atoms with E-state index < -0.39 is 0 Å². The number of hydrogen-bond donors (Lipinski definition) is 1. The quantitative estimate of drug-likeness (QED) is 0.669. The molecule has 1 aliphatic rings. The molecule has 12 heavy (non-hydrogen) atoms. The summed E-state index contributed by atoms with van der Waals surface area (Å²) >= 11 is 0. The lowest BCUT2D eigenvalue weighted by Crippen LogP contribution is -2.44. The molecule has 1 atom stereocenters. The van der Waals surface area contributed by atoms with Gasteiger partial charge in [-0.1, -0.05) is 0 Å². The van der Waals surface area contributed by atoms with Crippen LogP contribution in [0, 0.1) is 0 Å². The Hall–Kier alpha value is -0.120. The van der Waals surface area contributed by atoms with Gasteiger partial charge in [0.2, 0.25) is 0 Å². The first-order valence-electron chi connectivity index (χ1n) is 4.52. The van der Waals surface area contributed by atoms with Crippen LogP contribution in [-0.2, 0) is 9.47 Å². The van der Waals surface area contributed by atoms with Gasteiger partial charge in [0, 0.05) is 12.1 Å². The van der Waals surface area contributed by atoms with Crippen molar-refractivity contribution in [2.24, 2.45) is 0 Å². The second kappa shape index (κ2) is 4.21. The van der Waals surface area contributed by atoms with Gasteiger partial charge < -0.3 is 14.8 Å². The molecule has 0 aromatic carbocycles. The van der Waals surface area contributed by atoms with Crippen LogP contribution in [0.15, 0.2) is 0 Å². The van der Waals surface area contributed by atoms with Crippen LogP contribution in [0.2, 0.25) is 0 Å². The molecule has 3 nitrogen and oxygen atoms in total. The Morgan fingerprint density at radius 3 is 2.58 bits per heavy atom. The number of ether oxygens (including phenoxy) is 2. The predicted octanol–water partition coefficient (Wildman–Crippen LogP) is 0.790. The van der Waals surface area contributed by atoms with E-state index in [-0.39, 0.29) is 11.6 Å². The Morgan fingerprint density at radius 1 is 1.33 bits per heavy atom. The van der Waals surface area contributed by atoms with Crippen LogP contribution in [-0.4, -0.2) is 38.0 Å². The molecule has 0 unspecified atom stereocenters. The molecule has 1 heterocycles. The van der Waals surface area contributed by atoms with E-state index in [0.717, 1.165) is 26.4 Å².